The third-order valence-corrected chi connectivity index (χ3v) is 6.35. The number of carbonyl (C=O) groups is 1. The van der Waals surface area contributed by atoms with Crippen LogP contribution in [0.4, 0.5) is 13.2 Å². The highest BCUT2D eigenvalue weighted by molar-refractivity contribution is 5.98. The number of halogens is 3. The largest absolute Gasteiger partial charge is 0.502 e. The molecule has 0 radical (unpaired) electrons. The maximum atomic E-state index is 15.1. The summed E-state index contributed by atoms with van der Waals surface area (Å²) in [5.74, 6) is -6.03. The van der Waals surface area contributed by atoms with E-state index >= 15 is 4.39 Å². The Morgan fingerprint density at radius 1 is 1.24 bits per heavy atom. The fourth-order valence-electron chi connectivity index (χ4n) is 4.43. The van der Waals surface area contributed by atoms with E-state index in [0.29, 0.717) is 24.2 Å². The molecule has 1 aromatic heterocycles. The van der Waals surface area contributed by atoms with Gasteiger partial charge in [0.1, 0.15) is 5.82 Å². The smallest absolute Gasteiger partial charge is 0.252 e. The fourth-order valence-corrected chi connectivity index (χ4v) is 4.43. The Kier molecular flexibility index (Phi) is 4.94. The number of rotatable bonds is 5. The second-order valence-corrected chi connectivity index (χ2v) is 9.04. The first-order valence-corrected chi connectivity index (χ1v) is 10.6. The van der Waals surface area contributed by atoms with E-state index in [4.69, 9.17) is 9.47 Å². The molecule has 2 aliphatic rings. The van der Waals surface area contributed by atoms with Crippen molar-refractivity contribution >= 4 is 16.9 Å². The number of hydrogen-bond acceptors (Lipinski definition) is 6. The monoisotopic (exact) mass is 477 g/mol. The van der Waals surface area contributed by atoms with Crippen LogP contribution >= 0.6 is 0 Å². The number of aromatic hydroxyl groups is 2. The number of nitrogens with one attached hydrogen (secondary N) is 1. The van der Waals surface area contributed by atoms with Crippen LogP contribution in [0.15, 0.2) is 24.3 Å². The van der Waals surface area contributed by atoms with E-state index in [-0.39, 0.29) is 22.7 Å². The summed E-state index contributed by atoms with van der Waals surface area (Å²) in [7, 11) is 1.27. The Morgan fingerprint density at radius 2 is 1.94 bits per heavy atom. The molecule has 0 spiro atoms. The molecule has 180 valence electrons. The van der Waals surface area contributed by atoms with Gasteiger partial charge < -0.3 is 29.6 Å². The average Bonchev–Trinajstić information content (AvgIpc) is 3.13. The van der Waals surface area contributed by atoms with Crippen molar-refractivity contribution in [1.29, 1.82) is 0 Å². The Balaban J connectivity index is 1.62. The van der Waals surface area contributed by atoms with Gasteiger partial charge in [0.15, 0.2) is 17.3 Å². The van der Waals surface area contributed by atoms with Crippen molar-refractivity contribution in [2.45, 2.75) is 37.3 Å². The molecule has 0 atom stereocenters. The highest BCUT2D eigenvalue weighted by Gasteiger charge is 2.46. The molecule has 3 aromatic rings. The molecule has 8 nitrogen and oxygen atoms in total. The number of hydrogen-bond donors (Lipinski definition) is 3. The molecule has 1 aliphatic carbocycles. The lowest BCUT2D eigenvalue weighted by Gasteiger charge is -2.41. The Hall–Kier alpha value is -3.47. The minimum absolute atomic E-state index is 0.112. The van der Waals surface area contributed by atoms with Crippen LogP contribution in [0, 0.1) is 5.82 Å². The zero-order valence-electron chi connectivity index (χ0n) is 18.4. The van der Waals surface area contributed by atoms with Gasteiger partial charge in [-0.2, -0.15) is 0 Å². The second kappa shape index (κ2) is 7.52. The molecule has 3 N–H and O–H groups in total. The number of fused-ring (bicyclic) bond motifs is 1. The summed E-state index contributed by atoms with van der Waals surface area (Å²) in [5, 5.41) is 22.6. The van der Waals surface area contributed by atoms with E-state index < -0.39 is 53.6 Å². The van der Waals surface area contributed by atoms with Crippen LogP contribution in [0.1, 0.15) is 30.1 Å². The second-order valence-electron chi connectivity index (χ2n) is 9.04. The molecule has 1 aliphatic heterocycles. The lowest BCUT2D eigenvalue weighted by Crippen LogP contribution is -2.50. The normalized spacial score (nSPS) is 18.9. The molecule has 11 heteroatoms. The van der Waals surface area contributed by atoms with Crippen LogP contribution in [0.25, 0.3) is 22.4 Å². The SMILES string of the molecule is COc1cc(-c2nc3ccc(C(=O)NC4CC(F)(F)C4)cc3n2C2(C)COC2)c(F)c(O)c1O. The highest BCUT2D eigenvalue weighted by Crippen LogP contribution is 2.45. The van der Waals surface area contributed by atoms with Crippen LogP contribution in [0.5, 0.6) is 17.2 Å². The van der Waals surface area contributed by atoms with E-state index in [1.165, 1.54) is 19.2 Å². The van der Waals surface area contributed by atoms with Crippen molar-refractivity contribution in [3.8, 4) is 28.6 Å². The van der Waals surface area contributed by atoms with Crippen molar-refractivity contribution in [2.75, 3.05) is 20.3 Å². The summed E-state index contributed by atoms with van der Waals surface area (Å²) in [5.41, 5.74) is 0.437. The number of amides is 1. The van der Waals surface area contributed by atoms with Gasteiger partial charge in [-0.25, -0.2) is 18.2 Å². The number of imidazole rings is 1. The average molecular weight is 477 g/mol. The zero-order valence-corrected chi connectivity index (χ0v) is 18.4. The fraction of sp³-hybridized carbons (Fsp3) is 0.391. The van der Waals surface area contributed by atoms with Gasteiger partial charge in [-0.15, -0.1) is 0 Å². The van der Waals surface area contributed by atoms with E-state index in [1.807, 2.05) is 6.92 Å². The maximum absolute atomic E-state index is 15.1. The molecule has 0 bridgehead atoms. The number of alkyl halides is 2. The van der Waals surface area contributed by atoms with Crippen LogP contribution in [-0.4, -0.2) is 58.0 Å². The first kappa shape index (κ1) is 22.3. The van der Waals surface area contributed by atoms with Gasteiger partial charge in [0, 0.05) is 24.4 Å². The Bertz CT molecular complexity index is 1310. The van der Waals surface area contributed by atoms with Crippen LogP contribution in [-0.2, 0) is 10.3 Å². The van der Waals surface area contributed by atoms with Gasteiger partial charge in [-0.05, 0) is 31.2 Å². The minimum atomic E-state index is -2.75. The van der Waals surface area contributed by atoms with Gasteiger partial charge in [-0.1, -0.05) is 0 Å². The first-order valence-electron chi connectivity index (χ1n) is 10.6. The molecule has 2 heterocycles. The summed E-state index contributed by atoms with van der Waals surface area (Å²) in [6.45, 7) is 2.46. The minimum Gasteiger partial charge on any atom is -0.502 e. The lowest BCUT2D eigenvalue weighted by atomic mass is 9.88. The molecule has 2 aromatic carbocycles. The van der Waals surface area contributed by atoms with Crippen LogP contribution in [0.2, 0.25) is 0 Å². The van der Waals surface area contributed by atoms with Gasteiger partial charge in [-0.3, -0.25) is 4.79 Å². The van der Waals surface area contributed by atoms with Crippen LogP contribution in [0.3, 0.4) is 0 Å². The summed E-state index contributed by atoms with van der Waals surface area (Å²) < 4.78 is 53.5. The molecular formula is C23H22F3N3O5. The predicted molar refractivity (Wildman–Crippen MR) is 115 cm³/mol. The van der Waals surface area contributed by atoms with Gasteiger partial charge in [0.05, 0.1) is 42.5 Å². The third-order valence-electron chi connectivity index (χ3n) is 6.35. The lowest BCUT2D eigenvalue weighted by molar-refractivity contribution is -0.0901. The van der Waals surface area contributed by atoms with Crippen molar-refractivity contribution in [2.24, 2.45) is 0 Å². The number of phenols is 2. The van der Waals surface area contributed by atoms with Gasteiger partial charge in [0.2, 0.25) is 5.75 Å². The number of carbonyl (C=O) groups excluding carboxylic acids is 1. The zero-order chi connectivity index (χ0) is 24.4. The van der Waals surface area contributed by atoms with E-state index in [0.717, 1.165) is 0 Å². The number of ether oxygens (including phenoxy) is 2. The quantitative estimate of drug-likeness (QED) is 0.486. The Morgan fingerprint density at radius 3 is 2.53 bits per heavy atom. The topological polar surface area (TPSA) is 106 Å². The van der Waals surface area contributed by atoms with E-state index in [1.54, 1.807) is 16.7 Å². The summed E-state index contributed by atoms with van der Waals surface area (Å²) in [6.07, 6.45) is -0.798. The van der Waals surface area contributed by atoms with E-state index in [2.05, 4.69) is 10.3 Å². The van der Waals surface area contributed by atoms with Crippen LogP contribution < -0.4 is 10.1 Å². The Labute approximate surface area is 191 Å². The standard InChI is InChI=1S/C23H22F3N3O5/c1-22(9-34-10-22)29-15-5-11(21(32)27-12-7-23(25,26)8-12)3-4-14(15)28-20(29)13-6-16(33-2)18(30)19(31)17(13)24/h3-6,12,30-31H,7-10H2,1-2H3,(H,27,32). The van der Waals surface area contributed by atoms with E-state index in [9.17, 15) is 23.8 Å². The number of benzene rings is 2. The van der Waals surface area contributed by atoms with Crippen molar-refractivity contribution in [1.82, 2.24) is 14.9 Å². The summed E-state index contributed by atoms with van der Waals surface area (Å²) >= 11 is 0. The molecule has 1 saturated heterocycles. The number of phenolic OH excluding ortho intramolecular Hbond substituents is 2. The van der Waals surface area contributed by atoms with Gasteiger partial charge in [0.25, 0.3) is 11.8 Å². The highest BCUT2D eigenvalue weighted by atomic mass is 19.3. The molecule has 1 saturated carbocycles. The van der Waals surface area contributed by atoms with Crippen molar-refractivity contribution in [3.05, 3.63) is 35.6 Å². The molecular weight excluding hydrogens is 455 g/mol. The predicted octanol–water partition coefficient (Wildman–Crippen LogP) is 3.54. The number of nitrogens with zero attached hydrogens (tertiary/aromatic N) is 2. The third kappa shape index (κ3) is 3.42. The summed E-state index contributed by atoms with van der Waals surface area (Å²) in [6, 6.07) is 5.29. The van der Waals surface area contributed by atoms with Crippen molar-refractivity contribution < 1.29 is 37.7 Å². The molecule has 1 amide bonds. The summed E-state index contributed by atoms with van der Waals surface area (Å²) in [4.78, 5) is 17.2. The molecule has 0 unspecified atom stereocenters. The number of methoxy groups -OCH3 is 1. The molecule has 2 fully saturated rings. The first-order chi connectivity index (χ1) is 16.0. The number of aromatic nitrogens is 2. The maximum Gasteiger partial charge on any atom is 0.252 e. The molecule has 5 rings (SSSR count). The van der Waals surface area contributed by atoms with Gasteiger partial charge >= 0.3 is 0 Å². The molecule has 34 heavy (non-hydrogen) atoms. The van der Waals surface area contributed by atoms with Crippen molar-refractivity contribution in [3.63, 3.8) is 0 Å².